The molecule has 0 amide bonds. The van der Waals surface area contributed by atoms with Crippen LogP contribution in [-0.2, 0) is 6.54 Å². The number of pyridine rings is 1. The molecule has 0 saturated carbocycles. The van der Waals surface area contributed by atoms with Gasteiger partial charge in [0.2, 0.25) is 5.95 Å². The van der Waals surface area contributed by atoms with Gasteiger partial charge in [-0.05, 0) is 43.2 Å². The maximum absolute atomic E-state index is 15.0. The molecule has 3 aromatic rings. The third kappa shape index (κ3) is 5.59. The zero-order chi connectivity index (χ0) is 23.8. The van der Waals surface area contributed by atoms with Gasteiger partial charge < -0.3 is 10.4 Å². The molecule has 0 spiro atoms. The molecular formula is C25H24FN5O2. The summed E-state index contributed by atoms with van der Waals surface area (Å²) in [6.45, 7) is 6.26. The van der Waals surface area contributed by atoms with Gasteiger partial charge in [-0.1, -0.05) is 36.9 Å². The summed E-state index contributed by atoms with van der Waals surface area (Å²) in [6, 6.07) is 12.1. The Balaban J connectivity index is 2.03. The van der Waals surface area contributed by atoms with Crippen LogP contribution in [0.5, 0.6) is 0 Å². The number of aliphatic hydroxyl groups excluding tert-OH is 1. The second-order valence-corrected chi connectivity index (χ2v) is 7.24. The molecule has 0 saturated heterocycles. The average molecular weight is 445 g/mol. The molecule has 168 valence electrons. The predicted molar refractivity (Wildman–Crippen MR) is 127 cm³/mol. The molecule has 0 unspecified atom stereocenters. The number of rotatable bonds is 9. The summed E-state index contributed by atoms with van der Waals surface area (Å²) in [6.07, 6.45) is 5.45. The van der Waals surface area contributed by atoms with Crippen molar-refractivity contribution >= 4 is 16.6 Å². The van der Waals surface area contributed by atoms with Crippen LogP contribution in [0.1, 0.15) is 13.3 Å². The standard InChI is InChI=1S/C25H24FN5O2/c1-3-18(15-27)10-9-17(2)16-31-25(33)20-8-5-4-7-19(20)23(30-31)21-11-12-22(29-24(21)26)28-13-6-14-32/h3-5,7-12,32H,2,6,13-14,16H2,1H3,(H,28,29)/b10-9-,18-3+. The highest BCUT2D eigenvalue weighted by molar-refractivity contribution is 5.93. The van der Waals surface area contributed by atoms with Crippen LogP contribution in [0.2, 0.25) is 0 Å². The van der Waals surface area contributed by atoms with Gasteiger partial charge >= 0.3 is 0 Å². The van der Waals surface area contributed by atoms with Crippen molar-refractivity contribution in [3.63, 3.8) is 0 Å². The van der Waals surface area contributed by atoms with Gasteiger partial charge in [0, 0.05) is 24.1 Å². The summed E-state index contributed by atoms with van der Waals surface area (Å²) >= 11 is 0. The molecule has 2 heterocycles. The number of aromatic nitrogens is 3. The molecule has 0 aliphatic rings. The first-order valence-corrected chi connectivity index (χ1v) is 10.4. The molecule has 0 radical (unpaired) electrons. The van der Waals surface area contributed by atoms with Gasteiger partial charge in [0.05, 0.1) is 23.6 Å². The van der Waals surface area contributed by atoms with Gasteiger partial charge in [0.1, 0.15) is 11.5 Å². The number of halogens is 1. The summed E-state index contributed by atoms with van der Waals surface area (Å²) in [5.74, 6) is -0.379. The topological polar surface area (TPSA) is 104 Å². The van der Waals surface area contributed by atoms with Crippen LogP contribution in [0, 0.1) is 17.3 Å². The molecule has 0 atom stereocenters. The minimum absolute atomic E-state index is 0.0258. The molecule has 7 nitrogen and oxygen atoms in total. The number of anilines is 1. The monoisotopic (exact) mass is 445 g/mol. The molecule has 0 aliphatic carbocycles. The van der Waals surface area contributed by atoms with Gasteiger partial charge in [-0.2, -0.15) is 14.8 Å². The van der Waals surface area contributed by atoms with Crippen LogP contribution >= 0.6 is 0 Å². The fourth-order valence-electron chi connectivity index (χ4n) is 3.20. The lowest BCUT2D eigenvalue weighted by Gasteiger charge is -2.12. The predicted octanol–water partition coefficient (Wildman–Crippen LogP) is 3.97. The number of nitrogens with one attached hydrogen (secondary N) is 1. The van der Waals surface area contributed by atoms with Crippen LogP contribution in [0.25, 0.3) is 22.0 Å². The molecule has 0 aliphatic heterocycles. The number of aliphatic hydroxyl groups is 1. The lowest BCUT2D eigenvalue weighted by Crippen LogP contribution is -2.24. The molecular weight excluding hydrogens is 421 g/mol. The molecule has 0 bridgehead atoms. The first kappa shape index (κ1) is 23.6. The number of hydrogen-bond acceptors (Lipinski definition) is 6. The molecule has 0 fully saturated rings. The van der Waals surface area contributed by atoms with E-state index in [9.17, 15) is 9.18 Å². The van der Waals surface area contributed by atoms with Crippen LogP contribution in [-0.4, -0.2) is 33.0 Å². The van der Waals surface area contributed by atoms with Gasteiger partial charge in [0.15, 0.2) is 0 Å². The number of hydrogen-bond donors (Lipinski definition) is 2. The Morgan fingerprint density at radius 2 is 2.03 bits per heavy atom. The maximum atomic E-state index is 15.0. The Morgan fingerprint density at radius 1 is 1.27 bits per heavy atom. The van der Waals surface area contributed by atoms with Gasteiger partial charge in [0.25, 0.3) is 5.56 Å². The van der Waals surface area contributed by atoms with Crippen molar-refractivity contribution in [3.05, 3.63) is 88.7 Å². The second kappa shape index (κ2) is 11.0. The van der Waals surface area contributed by atoms with Crippen molar-refractivity contribution in [3.8, 4) is 17.3 Å². The minimum atomic E-state index is -0.725. The summed E-state index contributed by atoms with van der Waals surface area (Å²) in [5, 5.41) is 26.2. The Labute approximate surface area is 190 Å². The first-order valence-electron chi connectivity index (χ1n) is 10.4. The van der Waals surface area contributed by atoms with E-state index in [1.165, 1.54) is 4.68 Å². The number of nitriles is 1. The van der Waals surface area contributed by atoms with Crippen molar-refractivity contribution < 1.29 is 9.50 Å². The van der Waals surface area contributed by atoms with Crippen LogP contribution in [0.4, 0.5) is 10.2 Å². The van der Waals surface area contributed by atoms with E-state index in [1.54, 1.807) is 61.5 Å². The molecule has 3 rings (SSSR count). The van der Waals surface area contributed by atoms with Crippen LogP contribution in [0.3, 0.4) is 0 Å². The largest absolute Gasteiger partial charge is 0.396 e. The minimum Gasteiger partial charge on any atom is -0.396 e. The van der Waals surface area contributed by atoms with Crippen LogP contribution < -0.4 is 10.9 Å². The fraction of sp³-hybridized carbons (Fsp3) is 0.200. The Hall–Kier alpha value is -4.09. The molecule has 2 aromatic heterocycles. The summed E-state index contributed by atoms with van der Waals surface area (Å²) in [5.41, 5.74) is 1.15. The first-order chi connectivity index (χ1) is 16.0. The van der Waals surface area contributed by atoms with Crippen LogP contribution in [0.15, 0.2) is 77.1 Å². The molecule has 8 heteroatoms. The lowest BCUT2D eigenvalue weighted by molar-refractivity contribution is 0.292. The van der Waals surface area contributed by atoms with Gasteiger partial charge in [-0.3, -0.25) is 4.79 Å². The van der Waals surface area contributed by atoms with Crippen molar-refractivity contribution in [2.75, 3.05) is 18.5 Å². The van der Waals surface area contributed by atoms with E-state index < -0.39 is 5.95 Å². The quantitative estimate of drug-likeness (QED) is 0.224. The molecule has 2 N–H and O–H groups in total. The van der Waals surface area contributed by atoms with E-state index in [2.05, 4.69) is 22.0 Å². The highest BCUT2D eigenvalue weighted by atomic mass is 19.1. The Bertz CT molecular complexity index is 1330. The zero-order valence-electron chi connectivity index (χ0n) is 18.3. The fourth-order valence-corrected chi connectivity index (χ4v) is 3.20. The average Bonchev–Trinajstić information content (AvgIpc) is 2.82. The number of benzene rings is 1. The summed E-state index contributed by atoms with van der Waals surface area (Å²) in [4.78, 5) is 17.0. The number of fused-ring (bicyclic) bond motifs is 1. The maximum Gasteiger partial charge on any atom is 0.274 e. The van der Waals surface area contributed by atoms with Crippen molar-refractivity contribution in [1.29, 1.82) is 5.26 Å². The third-order valence-electron chi connectivity index (χ3n) is 4.90. The second-order valence-electron chi connectivity index (χ2n) is 7.24. The zero-order valence-corrected chi connectivity index (χ0v) is 18.3. The van der Waals surface area contributed by atoms with Crippen molar-refractivity contribution in [1.82, 2.24) is 14.8 Å². The van der Waals surface area contributed by atoms with Crippen molar-refractivity contribution in [2.24, 2.45) is 0 Å². The normalized spacial score (nSPS) is 11.6. The molecule has 1 aromatic carbocycles. The third-order valence-corrected chi connectivity index (χ3v) is 4.90. The summed E-state index contributed by atoms with van der Waals surface area (Å²) in [7, 11) is 0. The molecule has 33 heavy (non-hydrogen) atoms. The van der Waals surface area contributed by atoms with E-state index >= 15 is 0 Å². The summed E-state index contributed by atoms with van der Waals surface area (Å²) < 4.78 is 16.2. The van der Waals surface area contributed by atoms with E-state index in [1.807, 2.05) is 6.07 Å². The SMILES string of the molecule is C=C(/C=C\C(C#N)=C/C)Cn1nc(-c2ccc(NCCCO)nc2F)c2ccccc2c1=O. The highest BCUT2D eigenvalue weighted by Gasteiger charge is 2.16. The smallest absolute Gasteiger partial charge is 0.274 e. The Morgan fingerprint density at radius 3 is 2.70 bits per heavy atom. The Kier molecular flexibility index (Phi) is 7.84. The van der Waals surface area contributed by atoms with E-state index in [-0.39, 0.29) is 24.3 Å². The van der Waals surface area contributed by atoms with Gasteiger partial charge in [-0.25, -0.2) is 9.67 Å². The van der Waals surface area contributed by atoms with E-state index in [0.29, 0.717) is 46.4 Å². The van der Waals surface area contributed by atoms with Crippen molar-refractivity contribution in [2.45, 2.75) is 19.9 Å². The van der Waals surface area contributed by atoms with E-state index in [0.717, 1.165) is 0 Å². The number of allylic oxidation sites excluding steroid dienone is 5. The van der Waals surface area contributed by atoms with E-state index in [4.69, 9.17) is 10.4 Å². The lowest BCUT2D eigenvalue weighted by atomic mass is 10.1. The van der Waals surface area contributed by atoms with Gasteiger partial charge in [-0.15, -0.1) is 0 Å². The highest BCUT2D eigenvalue weighted by Crippen LogP contribution is 2.27. The number of nitrogens with zero attached hydrogens (tertiary/aromatic N) is 4.